The van der Waals surface area contributed by atoms with E-state index in [1.54, 1.807) is 30.5 Å². The third-order valence-electron chi connectivity index (χ3n) is 2.56. The van der Waals surface area contributed by atoms with Crippen LogP contribution >= 0.6 is 0 Å². The van der Waals surface area contributed by atoms with E-state index in [4.69, 9.17) is 0 Å². The van der Waals surface area contributed by atoms with Crippen molar-refractivity contribution in [2.75, 3.05) is 6.26 Å². The summed E-state index contributed by atoms with van der Waals surface area (Å²) in [5.74, 6) is 0.509. The Labute approximate surface area is 112 Å². The molecular formula is C14H14O2S2. The summed E-state index contributed by atoms with van der Waals surface area (Å²) in [7, 11) is -2.04. The van der Waals surface area contributed by atoms with E-state index >= 15 is 0 Å². The van der Waals surface area contributed by atoms with E-state index in [-0.39, 0.29) is 0 Å². The Morgan fingerprint density at radius 3 is 1.94 bits per heavy atom. The van der Waals surface area contributed by atoms with E-state index in [9.17, 15) is 8.42 Å². The zero-order valence-corrected chi connectivity index (χ0v) is 11.7. The van der Waals surface area contributed by atoms with E-state index in [1.165, 1.54) is 0 Å². The molecule has 0 saturated carbocycles. The molecule has 4 heteroatoms. The first kappa shape index (κ1) is 13.2. The summed E-state index contributed by atoms with van der Waals surface area (Å²) >= 11 is 0. The van der Waals surface area contributed by atoms with Crippen LogP contribution in [0, 0.1) is 0 Å². The summed E-state index contributed by atoms with van der Waals surface area (Å²) in [6, 6.07) is 16.9. The van der Waals surface area contributed by atoms with Crippen molar-refractivity contribution in [3.05, 3.63) is 60.2 Å². The van der Waals surface area contributed by atoms with E-state index < -0.39 is 21.6 Å². The van der Waals surface area contributed by atoms with Crippen molar-refractivity contribution >= 4 is 21.6 Å². The first-order valence-corrected chi connectivity index (χ1v) is 8.40. The number of rotatable bonds is 4. The standard InChI is InChI=1S/C14H14O2S2/c1-17(15)13-7-9-14(10-8-13)18(16)11-12-5-3-2-4-6-12/h2-10H,11H2,1H3. The number of hydrogen-bond acceptors (Lipinski definition) is 2. The van der Waals surface area contributed by atoms with Crippen molar-refractivity contribution in [1.82, 2.24) is 0 Å². The van der Waals surface area contributed by atoms with Crippen LogP contribution in [0.2, 0.25) is 0 Å². The van der Waals surface area contributed by atoms with Crippen LogP contribution < -0.4 is 0 Å². The van der Waals surface area contributed by atoms with Gasteiger partial charge in [-0.1, -0.05) is 30.3 Å². The maximum absolute atomic E-state index is 12.1. The van der Waals surface area contributed by atoms with Crippen LogP contribution in [-0.4, -0.2) is 14.7 Å². The van der Waals surface area contributed by atoms with Crippen molar-refractivity contribution in [2.45, 2.75) is 15.5 Å². The van der Waals surface area contributed by atoms with Gasteiger partial charge < -0.3 is 0 Å². The molecule has 0 heterocycles. The van der Waals surface area contributed by atoms with Crippen LogP contribution in [0.25, 0.3) is 0 Å². The molecule has 0 bridgehead atoms. The second-order valence-corrected chi connectivity index (χ2v) is 6.73. The molecule has 0 aromatic heterocycles. The minimum absolute atomic E-state index is 0.509. The van der Waals surface area contributed by atoms with Crippen molar-refractivity contribution in [1.29, 1.82) is 0 Å². The van der Waals surface area contributed by atoms with Gasteiger partial charge in [-0.25, -0.2) is 0 Å². The molecular weight excluding hydrogens is 264 g/mol. The molecule has 2 rings (SSSR count). The van der Waals surface area contributed by atoms with E-state index in [1.807, 2.05) is 30.3 Å². The average molecular weight is 278 g/mol. The summed E-state index contributed by atoms with van der Waals surface area (Å²) in [6.07, 6.45) is 1.63. The summed E-state index contributed by atoms with van der Waals surface area (Å²) in [4.78, 5) is 1.53. The van der Waals surface area contributed by atoms with Gasteiger partial charge in [0.25, 0.3) is 0 Å². The summed E-state index contributed by atoms with van der Waals surface area (Å²) in [6.45, 7) is 0. The third kappa shape index (κ3) is 3.37. The van der Waals surface area contributed by atoms with Crippen LogP contribution in [0.4, 0.5) is 0 Å². The van der Waals surface area contributed by atoms with Gasteiger partial charge in [-0.3, -0.25) is 8.42 Å². The van der Waals surface area contributed by atoms with Gasteiger partial charge in [-0.2, -0.15) is 0 Å². The Bertz CT molecular complexity index is 562. The first-order chi connectivity index (χ1) is 8.66. The first-order valence-electron chi connectivity index (χ1n) is 5.52. The highest BCUT2D eigenvalue weighted by Gasteiger charge is 2.05. The molecule has 0 saturated heterocycles. The van der Waals surface area contributed by atoms with Gasteiger partial charge in [0, 0.05) is 26.8 Å². The third-order valence-corrected chi connectivity index (χ3v) is 4.89. The quantitative estimate of drug-likeness (QED) is 0.862. The molecule has 2 nitrogen and oxygen atoms in total. The fourth-order valence-electron chi connectivity index (χ4n) is 1.59. The minimum Gasteiger partial charge on any atom is -0.255 e. The predicted molar refractivity (Wildman–Crippen MR) is 75.3 cm³/mol. The molecule has 0 N–H and O–H groups in total. The Kier molecular flexibility index (Phi) is 4.44. The highest BCUT2D eigenvalue weighted by atomic mass is 32.2. The van der Waals surface area contributed by atoms with Gasteiger partial charge in [0.2, 0.25) is 0 Å². The Morgan fingerprint density at radius 2 is 1.39 bits per heavy atom. The normalized spacial score (nSPS) is 14.1. The Morgan fingerprint density at radius 1 is 0.833 bits per heavy atom. The van der Waals surface area contributed by atoms with Gasteiger partial charge in [0.1, 0.15) is 0 Å². The molecule has 2 atom stereocenters. The van der Waals surface area contributed by atoms with Gasteiger partial charge in [-0.05, 0) is 29.8 Å². The second-order valence-electron chi connectivity index (χ2n) is 3.90. The maximum atomic E-state index is 12.1. The molecule has 0 aliphatic rings. The number of benzene rings is 2. The minimum atomic E-state index is -1.05. The van der Waals surface area contributed by atoms with Crippen LogP contribution in [0.1, 0.15) is 5.56 Å². The second kappa shape index (κ2) is 6.07. The molecule has 0 spiro atoms. The average Bonchev–Trinajstić information content (AvgIpc) is 2.40. The molecule has 2 aromatic carbocycles. The largest absolute Gasteiger partial charge is 0.255 e. The number of hydrogen-bond donors (Lipinski definition) is 0. The SMILES string of the molecule is CS(=O)c1ccc(S(=O)Cc2ccccc2)cc1. The fourth-order valence-corrected chi connectivity index (χ4v) is 3.21. The highest BCUT2D eigenvalue weighted by Crippen LogP contribution is 2.14. The van der Waals surface area contributed by atoms with Crippen molar-refractivity contribution in [3.8, 4) is 0 Å². The van der Waals surface area contributed by atoms with Gasteiger partial charge in [0.05, 0.1) is 16.6 Å². The van der Waals surface area contributed by atoms with Crippen molar-refractivity contribution in [2.24, 2.45) is 0 Å². The van der Waals surface area contributed by atoms with Crippen molar-refractivity contribution < 1.29 is 8.42 Å². The molecule has 18 heavy (non-hydrogen) atoms. The zero-order chi connectivity index (χ0) is 13.0. The van der Waals surface area contributed by atoms with E-state index in [2.05, 4.69) is 0 Å². The lowest BCUT2D eigenvalue weighted by molar-refractivity contribution is 0.681. The lowest BCUT2D eigenvalue weighted by Gasteiger charge is -2.03. The monoisotopic (exact) mass is 278 g/mol. The molecule has 0 fully saturated rings. The maximum Gasteiger partial charge on any atom is 0.0574 e. The highest BCUT2D eigenvalue weighted by molar-refractivity contribution is 7.84. The summed E-state index contributed by atoms with van der Waals surface area (Å²) < 4.78 is 23.4. The van der Waals surface area contributed by atoms with Gasteiger partial charge in [-0.15, -0.1) is 0 Å². The summed E-state index contributed by atoms with van der Waals surface area (Å²) in [5, 5.41) is 0. The van der Waals surface area contributed by atoms with Crippen LogP contribution in [0.15, 0.2) is 64.4 Å². The van der Waals surface area contributed by atoms with Crippen LogP contribution in [-0.2, 0) is 27.4 Å². The van der Waals surface area contributed by atoms with E-state index in [0.29, 0.717) is 5.75 Å². The zero-order valence-electron chi connectivity index (χ0n) is 10.0. The molecule has 0 aliphatic carbocycles. The van der Waals surface area contributed by atoms with Crippen molar-refractivity contribution in [3.63, 3.8) is 0 Å². The smallest absolute Gasteiger partial charge is 0.0574 e. The molecule has 94 valence electrons. The Hall–Kier alpha value is -1.26. The van der Waals surface area contributed by atoms with Gasteiger partial charge in [0.15, 0.2) is 0 Å². The fraction of sp³-hybridized carbons (Fsp3) is 0.143. The lowest BCUT2D eigenvalue weighted by Crippen LogP contribution is -1.97. The molecule has 0 aliphatic heterocycles. The van der Waals surface area contributed by atoms with Crippen LogP contribution in [0.3, 0.4) is 0 Å². The summed E-state index contributed by atoms with van der Waals surface area (Å²) in [5.41, 5.74) is 1.05. The topological polar surface area (TPSA) is 34.1 Å². The molecule has 2 unspecified atom stereocenters. The molecule has 0 radical (unpaired) electrons. The molecule has 0 amide bonds. The van der Waals surface area contributed by atoms with Crippen LogP contribution in [0.5, 0.6) is 0 Å². The van der Waals surface area contributed by atoms with E-state index in [0.717, 1.165) is 15.4 Å². The van der Waals surface area contributed by atoms with Gasteiger partial charge >= 0.3 is 0 Å². The lowest BCUT2D eigenvalue weighted by atomic mass is 10.2. The predicted octanol–water partition coefficient (Wildman–Crippen LogP) is 2.73. The molecule has 2 aromatic rings. The Balaban J connectivity index is 2.12.